The van der Waals surface area contributed by atoms with Crippen LogP contribution in [0.4, 0.5) is 0 Å². The topological polar surface area (TPSA) is 84.5 Å². The standard InChI is InChI=1S/C9H12N2O4/c12-7-2-1-5(10-7)8(13)11-6-3-4-15-9(6)14/h5-6H,1-4H2,(H,10,12)(H,11,13). The molecule has 2 aliphatic heterocycles. The van der Waals surface area contributed by atoms with Crippen molar-refractivity contribution in [3.05, 3.63) is 0 Å². The molecule has 0 radical (unpaired) electrons. The summed E-state index contributed by atoms with van der Waals surface area (Å²) >= 11 is 0. The number of carbonyl (C=O) groups excluding carboxylic acids is 3. The predicted octanol–water partition coefficient (Wildman–Crippen LogP) is -1.30. The van der Waals surface area contributed by atoms with Crippen LogP contribution in [0.2, 0.25) is 0 Å². The van der Waals surface area contributed by atoms with E-state index in [-0.39, 0.29) is 11.8 Å². The average Bonchev–Trinajstić information content (AvgIpc) is 2.77. The van der Waals surface area contributed by atoms with E-state index in [9.17, 15) is 14.4 Å². The molecule has 0 aromatic rings. The van der Waals surface area contributed by atoms with Crippen LogP contribution in [-0.2, 0) is 19.1 Å². The maximum absolute atomic E-state index is 11.6. The van der Waals surface area contributed by atoms with Gasteiger partial charge in [-0.25, -0.2) is 4.79 Å². The van der Waals surface area contributed by atoms with Crippen molar-refractivity contribution in [3.63, 3.8) is 0 Å². The summed E-state index contributed by atoms with van der Waals surface area (Å²) in [6, 6.07) is -1.04. The largest absolute Gasteiger partial charge is 0.464 e. The summed E-state index contributed by atoms with van der Waals surface area (Å²) < 4.78 is 4.71. The monoisotopic (exact) mass is 212 g/mol. The van der Waals surface area contributed by atoms with E-state index in [0.717, 1.165) is 0 Å². The number of rotatable bonds is 2. The van der Waals surface area contributed by atoms with Crippen molar-refractivity contribution in [1.82, 2.24) is 10.6 Å². The zero-order valence-corrected chi connectivity index (χ0v) is 8.12. The van der Waals surface area contributed by atoms with Gasteiger partial charge < -0.3 is 15.4 Å². The molecular weight excluding hydrogens is 200 g/mol. The van der Waals surface area contributed by atoms with Gasteiger partial charge in [0.1, 0.15) is 12.1 Å². The Labute approximate surface area is 86.3 Å². The van der Waals surface area contributed by atoms with Crippen LogP contribution in [0.3, 0.4) is 0 Å². The second kappa shape index (κ2) is 3.88. The summed E-state index contributed by atoms with van der Waals surface area (Å²) in [5, 5.41) is 5.10. The van der Waals surface area contributed by atoms with Gasteiger partial charge in [-0.2, -0.15) is 0 Å². The number of hydrogen-bond donors (Lipinski definition) is 2. The highest BCUT2D eigenvalue weighted by Gasteiger charge is 2.33. The molecule has 2 saturated heterocycles. The highest BCUT2D eigenvalue weighted by Crippen LogP contribution is 2.09. The molecule has 2 aliphatic rings. The third-order valence-electron chi connectivity index (χ3n) is 2.56. The van der Waals surface area contributed by atoms with Gasteiger partial charge in [0.15, 0.2) is 0 Å². The number of nitrogens with one attached hydrogen (secondary N) is 2. The predicted molar refractivity (Wildman–Crippen MR) is 48.7 cm³/mol. The van der Waals surface area contributed by atoms with Crippen LogP contribution in [0.5, 0.6) is 0 Å². The summed E-state index contributed by atoms with van der Waals surface area (Å²) in [6.07, 6.45) is 1.37. The summed E-state index contributed by atoms with van der Waals surface area (Å²) in [6.45, 7) is 0.348. The first-order valence-corrected chi connectivity index (χ1v) is 4.93. The molecule has 82 valence electrons. The smallest absolute Gasteiger partial charge is 0.328 e. The minimum absolute atomic E-state index is 0.121. The molecule has 0 aromatic carbocycles. The average molecular weight is 212 g/mol. The Hall–Kier alpha value is -1.59. The third-order valence-corrected chi connectivity index (χ3v) is 2.56. The first-order valence-electron chi connectivity index (χ1n) is 4.93. The Kier molecular flexibility index (Phi) is 2.57. The molecular formula is C9H12N2O4. The maximum Gasteiger partial charge on any atom is 0.328 e. The van der Waals surface area contributed by atoms with E-state index >= 15 is 0 Å². The molecule has 0 aromatic heterocycles. The van der Waals surface area contributed by atoms with Crippen molar-refractivity contribution in [2.45, 2.75) is 31.3 Å². The summed E-state index contributed by atoms with van der Waals surface area (Å²) in [7, 11) is 0. The van der Waals surface area contributed by atoms with Crippen LogP contribution in [0.1, 0.15) is 19.3 Å². The molecule has 0 saturated carbocycles. The molecule has 2 unspecified atom stereocenters. The molecule has 2 amide bonds. The van der Waals surface area contributed by atoms with E-state index in [0.29, 0.717) is 25.9 Å². The third kappa shape index (κ3) is 2.08. The van der Waals surface area contributed by atoms with Crippen molar-refractivity contribution in [1.29, 1.82) is 0 Å². The Morgan fingerprint density at radius 2 is 2.20 bits per heavy atom. The van der Waals surface area contributed by atoms with E-state index in [2.05, 4.69) is 10.6 Å². The van der Waals surface area contributed by atoms with Crippen LogP contribution in [0.15, 0.2) is 0 Å². The SMILES string of the molecule is O=C1CCC(C(=O)NC2CCOC2=O)N1. The lowest BCUT2D eigenvalue weighted by Crippen LogP contribution is -2.47. The maximum atomic E-state index is 11.6. The van der Waals surface area contributed by atoms with Crippen molar-refractivity contribution in [2.75, 3.05) is 6.61 Å². The number of ether oxygens (including phenoxy) is 1. The van der Waals surface area contributed by atoms with Crippen molar-refractivity contribution in [3.8, 4) is 0 Å². The molecule has 0 spiro atoms. The fraction of sp³-hybridized carbons (Fsp3) is 0.667. The lowest BCUT2D eigenvalue weighted by molar-refractivity contribution is -0.141. The lowest BCUT2D eigenvalue weighted by Gasteiger charge is -2.13. The Balaban J connectivity index is 1.86. The Bertz CT molecular complexity index is 315. The summed E-state index contributed by atoms with van der Waals surface area (Å²) in [4.78, 5) is 33.5. The molecule has 2 heterocycles. The van der Waals surface area contributed by atoms with E-state index in [1.54, 1.807) is 0 Å². The van der Waals surface area contributed by atoms with Gasteiger partial charge in [0.2, 0.25) is 11.8 Å². The quantitative estimate of drug-likeness (QED) is 0.557. The number of carbonyl (C=O) groups is 3. The van der Waals surface area contributed by atoms with Gasteiger partial charge in [0.05, 0.1) is 6.61 Å². The molecule has 0 bridgehead atoms. The zero-order chi connectivity index (χ0) is 10.8. The molecule has 0 aliphatic carbocycles. The number of amides is 2. The number of cyclic esters (lactones) is 1. The molecule has 6 heteroatoms. The molecule has 2 N–H and O–H groups in total. The molecule has 2 rings (SSSR count). The highest BCUT2D eigenvalue weighted by atomic mass is 16.5. The minimum Gasteiger partial charge on any atom is -0.464 e. The lowest BCUT2D eigenvalue weighted by atomic mass is 10.2. The van der Waals surface area contributed by atoms with Crippen LogP contribution in [0.25, 0.3) is 0 Å². The second-order valence-corrected chi connectivity index (χ2v) is 3.68. The van der Waals surface area contributed by atoms with E-state index < -0.39 is 18.1 Å². The normalized spacial score (nSPS) is 29.9. The van der Waals surface area contributed by atoms with Gasteiger partial charge in [-0.1, -0.05) is 0 Å². The first kappa shape index (κ1) is 9.95. The fourth-order valence-electron chi connectivity index (χ4n) is 1.71. The van der Waals surface area contributed by atoms with Gasteiger partial charge in [-0.05, 0) is 6.42 Å². The van der Waals surface area contributed by atoms with Crippen molar-refractivity contribution in [2.24, 2.45) is 0 Å². The fourth-order valence-corrected chi connectivity index (χ4v) is 1.71. The van der Waals surface area contributed by atoms with Gasteiger partial charge in [0, 0.05) is 12.8 Å². The molecule has 2 fully saturated rings. The highest BCUT2D eigenvalue weighted by molar-refractivity contribution is 5.93. The Morgan fingerprint density at radius 1 is 1.40 bits per heavy atom. The summed E-state index contributed by atoms with van der Waals surface area (Å²) in [5.74, 6) is -0.818. The van der Waals surface area contributed by atoms with Gasteiger partial charge in [-0.15, -0.1) is 0 Å². The van der Waals surface area contributed by atoms with Crippen molar-refractivity contribution < 1.29 is 19.1 Å². The van der Waals surface area contributed by atoms with E-state index in [4.69, 9.17) is 4.74 Å². The summed E-state index contributed by atoms with van der Waals surface area (Å²) in [5.41, 5.74) is 0. The minimum atomic E-state index is -0.546. The van der Waals surface area contributed by atoms with E-state index in [1.165, 1.54) is 0 Å². The van der Waals surface area contributed by atoms with Gasteiger partial charge in [-0.3, -0.25) is 9.59 Å². The van der Waals surface area contributed by atoms with Crippen molar-refractivity contribution >= 4 is 17.8 Å². The van der Waals surface area contributed by atoms with Gasteiger partial charge in [0.25, 0.3) is 0 Å². The number of esters is 1. The van der Waals surface area contributed by atoms with Crippen LogP contribution >= 0.6 is 0 Å². The van der Waals surface area contributed by atoms with Gasteiger partial charge >= 0.3 is 5.97 Å². The molecule has 15 heavy (non-hydrogen) atoms. The van der Waals surface area contributed by atoms with Crippen LogP contribution in [0, 0.1) is 0 Å². The molecule has 6 nitrogen and oxygen atoms in total. The zero-order valence-electron chi connectivity index (χ0n) is 8.12. The van der Waals surface area contributed by atoms with Crippen LogP contribution in [-0.4, -0.2) is 36.5 Å². The van der Waals surface area contributed by atoms with E-state index in [1.807, 2.05) is 0 Å². The van der Waals surface area contributed by atoms with Crippen LogP contribution < -0.4 is 10.6 Å². The number of hydrogen-bond acceptors (Lipinski definition) is 4. The molecule has 2 atom stereocenters. The Morgan fingerprint density at radius 3 is 2.73 bits per heavy atom. The second-order valence-electron chi connectivity index (χ2n) is 3.68. The first-order chi connectivity index (χ1) is 7.16.